The molecule has 1 aromatic heterocycles. The third-order valence-corrected chi connectivity index (χ3v) is 7.70. The van der Waals surface area contributed by atoms with Crippen molar-refractivity contribution in [1.82, 2.24) is 9.88 Å². The van der Waals surface area contributed by atoms with Crippen LogP contribution in [0.1, 0.15) is 48.7 Å². The molecule has 0 unspecified atom stereocenters. The SMILES string of the molecule is COc1ccc2c(ccn2CCCNC(C)=C2C(=O)C=C3Oc4c(C(C)=O)c(O)c(C)c(O)c4[C@@]3(C)C2=O)c1. The first-order valence-corrected chi connectivity index (χ1v) is 12.7. The summed E-state index contributed by atoms with van der Waals surface area (Å²) in [5, 5.41) is 25.7. The van der Waals surface area contributed by atoms with Gasteiger partial charge in [-0.2, -0.15) is 0 Å². The Morgan fingerprint density at radius 1 is 1.15 bits per heavy atom. The summed E-state index contributed by atoms with van der Waals surface area (Å²) in [5.74, 6) is -1.60. The lowest BCUT2D eigenvalue weighted by Gasteiger charge is -2.29. The molecule has 2 heterocycles. The normalized spacial score (nSPS) is 19.4. The average molecular weight is 531 g/mol. The van der Waals surface area contributed by atoms with Gasteiger partial charge in [-0.15, -0.1) is 0 Å². The average Bonchev–Trinajstić information content (AvgIpc) is 3.43. The second-order valence-electron chi connectivity index (χ2n) is 10.1. The van der Waals surface area contributed by atoms with Gasteiger partial charge in [0.2, 0.25) is 0 Å². The van der Waals surface area contributed by atoms with Gasteiger partial charge in [-0.25, -0.2) is 0 Å². The van der Waals surface area contributed by atoms with E-state index >= 15 is 0 Å². The highest BCUT2D eigenvalue weighted by Gasteiger charge is 2.56. The van der Waals surface area contributed by atoms with Gasteiger partial charge in [-0.1, -0.05) is 0 Å². The smallest absolute Gasteiger partial charge is 0.194 e. The fourth-order valence-corrected chi connectivity index (χ4v) is 5.48. The highest BCUT2D eigenvalue weighted by Crippen LogP contribution is 2.57. The number of fused-ring (bicyclic) bond motifs is 4. The standard InChI is InChI=1S/C30H30N2O7/c1-15-26(35)24(17(3)33)28-25(27(15)36)30(4)22(39-28)14-21(34)23(29(30)37)16(2)31-10-6-11-32-12-9-18-13-19(38-5)7-8-20(18)32/h7-9,12-14,31,35-36H,6,10-11H2,1-5H3/t30-/m0/s1. The molecule has 1 aliphatic heterocycles. The molecule has 2 aliphatic rings. The molecule has 5 rings (SSSR count). The number of ether oxygens (including phenoxy) is 2. The Labute approximate surface area is 225 Å². The number of aromatic nitrogens is 1. The van der Waals surface area contributed by atoms with Crippen LogP contribution in [0.15, 0.2) is 53.6 Å². The van der Waals surface area contributed by atoms with Crippen LogP contribution in [0.25, 0.3) is 10.9 Å². The maximum atomic E-state index is 13.9. The maximum Gasteiger partial charge on any atom is 0.194 e. The molecule has 0 bridgehead atoms. The number of Topliss-reactive ketones (excluding diaryl/α,β-unsaturated/α-hetero) is 2. The van der Waals surface area contributed by atoms with Crippen molar-refractivity contribution in [2.24, 2.45) is 0 Å². The number of nitrogens with zero attached hydrogens (tertiary/aromatic N) is 1. The molecule has 202 valence electrons. The molecule has 1 atom stereocenters. The van der Waals surface area contributed by atoms with Crippen LogP contribution < -0.4 is 14.8 Å². The predicted octanol–water partition coefficient (Wildman–Crippen LogP) is 4.21. The van der Waals surface area contributed by atoms with Crippen molar-refractivity contribution in [1.29, 1.82) is 0 Å². The summed E-state index contributed by atoms with van der Waals surface area (Å²) >= 11 is 0. The summed E-state index contributed by atoms with van der Waals surface area (Å²) < 4.78 is 13.2. The van der Waals surface area contributed by atoms with Gasteiger partial charge < -0.3 is 29.6 Å². The van der Waals surface area contributed by atoms with Crippen molar-refractivity contribution in [3.8, 4) is 23.0 Å². The number of carbonyl (C=O) groups excluding carboxylic acids is 3. The summed E-state index contributed by atoms with van der Waals surface area (Å²) in [4.78, 5) is 39.3. The second kappa shape index (κ2) is 9.34. The topological polar surface area (TPSA) is 127 Å². The quantitative estimate of drug-likeness (QED) is 0.179. The number of benzene rings is 2. The minimum absolute atomic E-state index is 0.0166. The van der Waals surface area contributed by atoms with Gasteiger partial charge in [0.15, 0.2) is 17.3 Å². The van der Waals surface area contributed by atoms with Gasteiger partial charge in [0.05, 0.1) is 18.2 Å². The second-order valence-corrected chi connectivity index (χ2v) is 10.1. The largest absolute Gasteiger partial charge is 0.507 e. The number of phenolic OH excluding ortho intramolecular Hbond substituents is 2. The number of allylic oxidation sites excluding steroid dienone is 4. The number of phenols is 2. The molecule has 1 aliphatic carbocycles. The minimum atomic E-state index is -1.53. The van der Waals surface area contributed by atoms with Crippen molar-refractivity contribution >= 4 is 28.3 Å². The van der Waals surface area contributed by atoms with E-state index in [2.05, 4.69) is 9.88 Å². The molecule has 3 N–H and O–H groups in total. The third-order valence-electron chi connectivity index (χ3n) is 7.70. The van der Waals surface area contributed by atoms with E-state index in [-0.39, 0.29) is 39.5 Å². The Morgan fingerprint density at radius 2 is 1.90 bits per heavy atom. The third kappa shape index (κ3) is 3.88. The van der Waals surface area contributed by atoms with E-state index in [9.17, 15) is 24.6 Å². The Hall–Kier alpha value is -4.53. The molecular formula is C30H30N2O7. The van der Waals surface area contributed by atoms with E-state index in [4.69, 9.17) is 9.47 Å². The van der Waals surface area contributed by atoms with Crippen molar-refractivity contribution in [2.75, 3.05) is 13.7 Å². The van der Waals surface area contributed by atoms with Crippen LogP contribution >= 0.6 is 0 Å². The lowest BCUT2D eigenvalue weighted by Crippen LogP contribution is -2.41. The summed E-state index contributed by atoms with van der Waals surface area (Å²) in [6, 6.07) is 7.93. The number of hydrogen-bond donors (Lipinski definition) is 3. The van der Waals surface area contributed by atoms with Crippen molar-refractivity contribution in [3.05, 3.63) is 70.3 Å². The number of methoxy groups -OCH3 is 1. The molecule has 9 nitrogen and oxygen atoms in total. The number of ketones is 3. The van der Waals surface area contributed by atoms with Crippen LogP contribution in [0.2, 0.25) is 0 Å². The van der Waals surface area contributed by atoms with Gasteiger partial charge in [-0.05, 0) is 58.4 Å². The van der Waals surface area contributed by atoms with E-state index in [1.807, 2.05) is 30.5 Å². The molecule has 39 heavy (non-hydrogen) atoms. The van der Waals surface area contributed by atoms with Crippen LogP contribution in [0.3, 0.4) is 0 Å². The summed E-state index contributed by atoms with van der Waals surface area (Å²) in [7, 11) is 1.63. The number of aromatic hydroxyl groups is 2. The Balaban J connectivity index is 1.40. The lowest BCUT2D eigenvalue weighted by atomic mass is 9.70. The molecule has 2 aromatic carbocycles. The van der Waals surface area contributed by atoms with Crippen molar-refractivity contribution < 1.29 is 34.1 Å². The number of hydrogen-bond acceptors (Lipinski definition) is 8. The molecule has 3 aromatic rings. The monoisotopic (exact) mass is 530 g/mol. The number of rotatable bonds is 7. The maximum absolute atomic E-state index is 13.9. The van der Waals surface area contributed by atoms with Crippen LogP contribution in [-0.4, -0.2) is 45.8 Å². The lowest BCUT2D eigenvalue weighted by molar-refractivity contribution is -0.123. The van der Waals surface area contributed by atoms with Crippen LogP contribution in [0.5, 0.6) is 23.0 Å². The van der Waals surface area contributed by atoms with Crippen LogP contribution in [0.4, 0.5) is 0 Å². The van der Waals surface area contributed by atoms with Crippen molar-refractivity contribution in [3.63, 3.8) is 0 Å². The van der Waals surface area contributed by atoms with Crippen LogP contribution in [0, 0.1) is 6.92 Å². The first-order chi connectivity index (χ1) is 18.5. The number of aryl methyl sites for hydroxylation is 1. The molecule has 0 saturated carbocycles. The minimum Gasteiger partial charge on any atom is -0.507 e. The zero-order valence-electron chi connectivity index (χ0n) is 22.5. The Morgan fingerprint density at radius 3 is 2.59 bits per heavy atom. The number of nitrogens with one attached hydrogen (secondary N) is 1. The summed E-state index contributed by atoms with van der Waals surface area (Å²) in [6.07, 6.45) is 3.96. The summed E-state index contributed by atoms with van der Waals surface area (Å²) in [6.45, 7) is 7.17. The van der Waals surface area contributed by atoms with E-state index in [0.717, 1.165) is 29.6 Å². The molecular weight excluding hydrogens is 500 g/mol. The van der Waals surface area contributed by atoms with E-state index < -0.39 is 28.5 Å². The number of carbonyl (C=O) groups is 3. The van der Waals surface area contributed by atoms with Gasteiger partial charge in [-0.3, -0.25) is 14.4 Å². The van der Waals surface area contributed by atoms with Crippen LogP contribution in [-0.2, 0) is 21.5 Å². The van der Waals surface area contributed by atoms with Gasteiger partial charge >= 0.3 is 0 Å². The fourth-order valence-electron chi connectivity index (χ4n) is 5.48. The van der Waals surface area contributed by atoms with E-state index in [1.165, 1.54) is 19.9 Å². The van der Waals surface area contributed by atoms with Gasteiger partial charge in [0.1, 0.15) is 39.7 Å². The molecule has 0 amide bonds. The molecule has 0 spiro atoms. The Bertz CT molecular complexity index is 1640. The zero-order valence-corrected chi connectivity index (χ0v) is 22.5. The van der Waals surface area contributed by atoms with E-state index in [1.54, 1.807) is 21.0 Å². The molecule has 0 radical (unpaired) electrons. The fraction of sp³-hybridized carbons (Fsp3) is 0.300. The van der Waals surface area contributed by atoms with E-state index in [0.29, 0.717) is 12.2 Å². The molecule has 0 fully saturated rings. The predicted molar refractivity (Wildman–Crippen MR) is 144 cm³/mol. The van der Waals surface area contributed by atoms with Crippen molar-refractivity contribution in [2.45, 2.75) is 46.1 Å². The highest BCUT2D eigenvalue weighted by atomic mass is 16.5. The van der Waals surface area contributed by atoms with Gasteiger partial charge in [0.25, 0.3) is 0 Å². The molecule has 0 saturated heterocycles. The zero-order chi connectivity index (χ0) is 28.2. The first-order valence-electron chi connectivity index (χ1n) is 12.7. The highest BCUT2D eigenvalue weighted by molar-refractivity contribution is 6.31. The Kier molecular flexibility index (Phi) is 6.25. The first kappa shape index (κ1) is 26.1. The summed E-state index contributed by atoms with van der Waals surface area (Å²) in [5.41, 5.74) is -0.0587. The molecule has 9 heteroatoms. The van der Waals surface area contributed by atoms with Gasteiger partial charge in [0, 0.05) is 47.5 Å².